The van der Waals surface area contributed by atoms with Crippen LogP contribution in [0.1, 0.15) is 31.3 Å². The summed E-state index contributed by atoms with van der Waals surface area (Å²) >= 11 is 1.61. The molecule has 8 nitrogen and oxygen atoms in total. The maximum Gasteiger partial charge on any atom is 0.216 e. The van der Waals surface area contributed by atoms with E-state index in [2.05, 4.69) is 15.2 Å². The number of rotatable bonds is 8. The van der Waals surface area contributed by atoms with Gasteiger partial charge in [-0.25, -0.2) is 18.4 Å². The van der Waals surface area contributed by atoms with Crippen molar-refractivity contribution in [2.24, 2.45) is 4.99 Å². The molecule has 1 aliphatic heterocycles. The van der Waals surface area contributed by atoms with Gasteiger partial charge in [0.15, 0.2) is 5.96 Å². The lowest BCUT2D eigenvalue weighted by molar-refractivity contribution is 0.0904. The van der Waals surface area contributed by atoms with E-state index >= 15 is 0 Å². The zero-order chi connectivity index (χ0) is 19.9. The molecular weight excluding hydrogens is 386 g/mol. The fourth-order valence-electron chi connectivity index (χ4n) is 2.75. The smallest absolute Gasteiger partial charge is 0.216 e. The van der Waals surface area contributed by atoms with E-state index in [1.54, 1.807) is 15.6 Å². The molecule has 1 aromatic rings. The average molecular weight is 418 g/mol. The van der Waals surface area contributed by atoms with Gasteiger partial charge in [0, 0.05) is 37.6 Å². The molecule has 0 radical (unpaired) electrons. The summed E-state index contributed by atoms with van der Waals surface area (Å²) < 4.78 is 31.9. The van der Waals surface area contributed by atoms with Gasteiger partial charge in [0.2, 0.25) is 10.0 Å². The highest BCUT2D eigenvalue weighted by Crippen LogP contribution is 2.14. The van der Waals surface area contributed by atoms with E-state index in [9.17, 15) is 8.42 Å². The largest absolute Gasteiger partial charge is 0.378 e. The van der Waals surface area contributed by atoms with Crippen LogP contribution in [0.3, 0.4) is 0 Å². The Morgan fingerprint density at radius 2 is 2.07 bits per heavy atom. The first-order valence-corrected chi connectivity index (χ1v) is 11.8. The Bertz CT molecular complexity index is 710. The first kappa shape index (κ1) is 22.1. The molecule has 1 saturated heterocycles. The number of sulfonamides is 1. The second-order valence-corrected chi connectivity index (χ2v) is 9.68. The topological polar surface area (TPSA) is 87.1 Å². The number of aromatic nitrogens is 1. The van der Waals surface area contributed by atoms with Gasteiger partial charge in [0.1, 0.15) is 0 Å². The summed E-state index contributed by atoms with van der Waals surface area (Å²) in [6, 6.07) is 0. The molecule has 0 bridgehead atoms. The molecule has 0 atom stereocenters. The zero-order valence-electron chi connectivity index (χ0n) is 16.6. The monoisotopic (exact) mass is 417 g/mol. The molecule has 1 N–H and O–H groups in total. The zero-order valence-corrected chi connectivity index (χ0v) is 18.3. The van der Waals surface area contributed by atoms with Crippen LogP contribution in [0.15, 0.2) is 10.5 Å². The molecule has 2 heterocycles. The molecular formula is C17H31N5O3S2. The number of nitrogens with zero attached hydrogens (tertiary/aromatic N) is 4. The predicted octanol–water partition coefficient (Wildman–Crippen LogP) is 1.29. The fourth-order valence-corrected chi connectivity index (χ4v) is 4.73. The summed E-state index contributed by atoms with van der Waals surface area (Å²) in [5.41, 5.74) is 2.85. The molecule has 0 aliphatic carbocycles. The number of nitrogens with one attached hydrogen (secondary N) is 1. The van der Waals surface area contributed by atoms with Crippen LogP contribution in [-0.2, 0) is 21.3 Å². The number of ether oxygens (including phenoxy) is 1. The van der Waals surface area contributed by atoms with Crippen molar-refractivity contribution in [3.63, 3.8) is 0 Å². The number of hydrogen-bond donors (Lipinski definition) is 1. The molecule has 2 rings (SSSR count). The molecule has 0 saturated carbocycles. The highest BCUT2D eigenvalue weighted by Gasteiger charge is 2.28. The average Bonchev–Trinajstić information content (AvgIpc) is 3.03. The molecule has 1 aromatic heterocycles. The van der Waals surface area contributed by atoms with E-state index in [1.807, 2.05) is 33.2 Å². The van der Waals surface area contributed by atoms with Gasteiger partial charge in [0.25, 0.3) is 0 Å². The molecule has 154 valence electrons. The third kappa shape index (κ3) is 6.70. The molecule has 1 fully saturated rings. The van der Waals surface area contributed by atoms with Crippen molar-refractivity contribution in [2.75, 3.05) is 45.1 Å². The number of aliphatic imine (C=N–C) groups is 1. The van der Waals surface area contributed by atoms with E-state index in [4.69, 9.17) is 9.73 Å². The van der Waals surface area contributed by atoms with Crippen molar-refractivity contribution in [2.45, 2.75) is 40.3 Å². The Morgan fingerprint density at radius 3 is 2.63 bits per heavy atom. The van der Waals surface area contributed by atoms with Crippen molar-refractivity contribution in [3.8, 4) is 0 Å². The highest BCUT2D eigenvalue weighted by atomic mass is 32.2. The van der Waals surface area contributed by atoms with Crippen LogP contribution >= 0.6 is 11.3 Å². The van der Waals surface area contributed by atoms with E-state index in [1.165, 1.54) is 0 Å². The summed E-state index contributed by atoms with van der Waals surface area (Å²) in [6.07, 6.45) is 0.0399. The first-order chi connectivity index (χ1) is 12.8. The molecule has 10 heteroatoms. The summed E-state index contributed by atoms with van der Waals surface area (Å²) in [7, 11) is -3.28. The van der Waals surface area contributed by atoms with Crippen molar-refractivity contribution >= 4 is 27.3 Å². The minimum Gasteiger partial charge on any atom is -0.378 e. The molecule has 0 aromatic carbocycles. The standard InChI is InChI=1S/C17H31N5O3S2/c1-5-18-17(19-12-16-15(4)20-13-26-16)21-6-8-22(9-7-21)27(23,24)11-10-25-14(2)3/h13-14H,5-12H2,1-4H3,(H,18,19). The quantitative estimate of drug-likeness (QED) is 0.507. The molecule has 27 heavy (non-hydrogen) atoms. The second-order valence-electron chi connectivity index (χ2n) is 6.65. The van der Waals surface area contributed by atoms with Crippen LogP contribution in [0.5, 0.6) is 0 Å². The number of guanidine groups is 1. The summed E-state index contributed by atoms with van der Waals surface area (Å²) in [6.45, 7) is 11.6. The van der Waals surface area contributed by atoms with Gasteiger partial charge in [0.05, 0.1) is 36.2 Å². The first-order valence-electron chi connectivity index (χ1n) is 9.35. The lowest BCUT2D eigenvalue weighted by Gasteiger charge is -2.35. The van der Waals surface area contributed by atoms with Gasteiger partial charge in [-0.1, -0.05) is 0 Å². The van der Waals surface area contributed by atoms with Crippen LogP contribution in [0.2, 0.25) is 0 Å². The highest BCUT2D eigenvalue weighted by molar-refractivity contribution is 7.89. The third-order valence-corrected chi connectivity index (χ3v) is 7.03. The Labute approximate surface area is 166 Å². The molecule has 0 amide bonds. The third-order valence-electron chi connectivity index (χ3n) is 4.28. The number of thiazole rings is 1. The lowest BCUT2D eigenvalue weighted by Crippen LogP contribution is -2.54. The summed E-state index contributed by atoms with van der Waals surface area (Å²) in [4.78, 5) is 12.2. The minimum atomic E-state index is -3.28. The summed E-state index contributed by atoms with van der Waals surface area (Å²) in [5, 5.41) is 3.31. The van der Waals surface area contributed by atoms with Crippen LogP contribution in [0.25, 0.3) is 0 Å². The molecule has 1 aliphatic rings. The molecule has 0 unspecified atom stereocenters. The number of hydrogen-bond acceptors (Lipinski definition) is 6. The van der Waals surface area contributed by atoms with Gasteiger partial charge in [-0.2, -0.15) is 4.31 Å². The van der Waals surface area contributed by atoms with Gasteiger partial charge in [-0.15, -0.1) is 11.3 Å². The van der Waals surface area contributed by atoms with E-state index in [-0.39, 0.29) is 18.5 Å². The van der Waals surface area contributed by atoms with E-state index in [0.29, 0.717) is 32.7 Å². The van der Waals surface area contributed by atoms with Crippen molar-refractivity contribution in [1.82, 2.24) is 19.5 Å². The van der Waals surface area contributed by atoms with Crippen molar-refractivity contribution in [1.29, 1.82) is 0 Å². The number of aryl methyl sites for hydroxylation is 1. The van der Waals surface area contributed by atoms with Crippen LogP contribution in [0.4, 0.5) is 0 Å². The van der Waals surface area contributed by atoms with Crippen LogP contribution in [-0.4, -0.2) is 79.8 Å². The lowest BCUT2D eigenvalue weighted by atomic mass is 10.4. The van der Waals surface area contributed by atoms with Crippen molar-refractivity contribution in [3.05, 3.63) is 16.1 Å². The van der Waals surface area contributed by atoms with Gasteiger partial charge in [-0.05, 0) is 27.7 Å². The van der Waals surface area contributed by atoms with Gasteiger partial charge < -0.3 is 15.0 Å². The Balaban J connectivity index is 1.92. The minimum absolute atomic E-state index is 0.0317. The van der Waals surface area contributed by atoms with Crippen LogP contribution < -0.4 is 5.32 Å². The van der Waals surface area contributed by atoms with Crippen LogP contribution in [0, 0.1) is 6.92 Å². The SMILES string of the molecule is CCNC(=NCc1scnc1C)N1CCN(S(=O)(=O)CCOC(C)C)CC1. The Kier molecular flexibility index (Phi) is 8.46. The van der Waals surface area contributed by atoms with Crippen molar-refractivity contribution < 1.29 is 13.2 Å². The summed E-state index contributed by atoms with van der Waals surface area (Å²) in [5.74, 6) is 0.856. The second kappa shape index (κ2) is 10.4. The van der Waals surface area contributed by atoms with E-state index < -0.39 is 10.0 Å². The van der Waals surface area contributed by atoms with E-state index in [0.717, 1.165) is 23.1 Å². The van der Waals surface area contributed by atoms with Gasteiger partial charge >= 0.3 is 0 Å². The number of piperazine rings is 1. The maximum atomic E-state index is 12.5. The maximum absolute atomic E-state index is 12.5. The predicted molar refractivity (Wildman–Crippen MR) is 110 cm³/mol. The Hall–Kier alpha value is -1.23. The van der Waals surface area contributed by atoms with Gasteiger partial charge in [-0.3, -0.25) is 0 Å². The normalized spacial score (nSPS) is 16.9. The Morgan fingerprint density at radius 1 is 1.37 bits per heavy atom. The molecule has 0 spiro atoms. The fraction of sp³-hybridized carbons (Fsp3) is 0.765.